The van der Waals surface area contributed by atoms with E-state index in [0.29, 0.717) is 25.9 Å². The highest BCUT2D eigenvalue weighted by Gasteiger charge is 2.44. The summed E-state index contributed by atoms with van der Waals surface area (Å²) >= 11 is 0. The zero-order valence-corrected chi connectivity index (χ0v) is 29.4. The van der Waals surface area contributed by atoms with Gasteiger partial charge in [-0.3, -0.25) is 24.0 Å². The Labute approximate surface area is 286 Å². The normalized spacial score (nSPS) is 13.9. The molecule has 4 N–H and O–H groups in total. The molecule has 1 rings (SSSR count). The fourth-order valence-electron chi connectivity index (χ4n) is 4.85. The summed E-state index contributed by atoms with van der Waals surface area (Å²) in [6, 6.07) is 3.13. The van der Waals surface area contributed by atoms with Gasteiger partial charge in [-0.25, -0.2) is 4.79 Å². The Morgan fingerprint density at radius 2 is 1.35 bits per heavy atom. The van der Waals surface area contributed by atoms with E-state index < -0.39 is 84.6 Å². The van der Waals surface area contributed by atoms with Crippen LogP contribution in [0.3, 0.4) is 0 Å². The van der Waals surface area contributed by atoms with E-state index in [1.54, 1.807) is 58.0 Å². The summed E-state index contributed by atoms with van der Waals surface area (Å²) in [6.07, 6.45) is -5.86. The summed E-state index contributed by atoms with van der Waals surface area (Å²) in [4.78, 5) is 78.5. The van der Waals surface area contributed by atoms with Crippen LogP contribution >= 0.6 is 0 Å². The lowest BCUT2D eigenvalue weighted by atomic mass is 9.98. The average molecular weight is 700 g/mol. The molecule has 0 saturated heterocycles. The molecule has 0 heterocycles. The lowest BCUT2D eigenvalue weighted by Gasteiger charge is -2.28. The maximum absolute atomic E-state index is 13.5. The molecule has 0 aliphatic heterocycles. The van der Waals surface area contributed by atoms with Crippen LogP contribution in [0.25, 0.3) is 0 Å². The molecule has 0 saturated carbocycles. The van der Waals surface area contributed by atoms with Crippen molar-refractivity contribution in [2.24, 2.45) is 11.8 Å². The molecule has 5 amide bonds. The monoisotopic (exact) mass is 699 g/mol. The number of Topliss-reactive ketones (excluding diaryl/α,β-unsaturated/α-hetero) is 1. The molecular formula is C34H52F3N5O7. The van der Waals surface area contributed by atoms with Gasteiger partial charge in [-0.2, -0.15) is 13.2 Å². The number of ketones is 1. The van der Waals surface area contributed by atoms with Crippen molar-refractivity contribution in [3.63, 3.8) is 0 Å². The van der Waals surface area contributed by atoms with Gasteiger partial charge in [0.15, 0.2) is 0 Å². The van der Waals surface area contributed by atoms with E-state index in [0.717, 1.165) is 5.56 Å². The SMILES string of the molecule is CCCN(CCC)C(=O)CC[C@H](NC(=O)[C@H](CC(C)C)NC(=O)[C@@H](NC(=O)[C@H](C)NC(=O)OCc1ccccc1)C(C)C)C(=O)C(F)(F)F. The molecule has 0 bridgehead atoms. The number of alkyl halides is 3. The molecule has 15 heteroatoms. The second kappa shape index (κ2) is 21.0. The topological polar surface area (TPSA) is 163 Å². The van der Waals surface area contributed by atoms with Crippen molar-refractivity contribution in [3.05, 3.63) is 35.9 Å². The first-order valence-electron chi connectivity index (χ1n) is 16.7. The van der Waals surface area contributed by atoms with Crippen LogP contribution in [-0.2, 0) is 35.3 Å². The highest BCUT2D eigenvalue weighted by Crippen LogP contribution is 2.21. The Balaban J connectivity index is 3.02. The third kappa shape index (κ3) is 15.7. The van der Waals surface area contributed by atoms with Crippen molar-refractivity contribution >= 4 is 35.5 Å². The number of carbonyl (C=O) groups excluding carboxylic acids is 6. The number of nitrogens with one attached hydrogen (secondary N) is 4. The van der Waals surface area contributed by atoms with Crippen LogP contribution in [0, 0.1) is 11.8 Å². The number of amides is 5. The predicted molar refractivity (Wildman–Crippen MR) is 177 cm³/mol. The zero-order valence-electron chi connectivity index (χ0n) is 29.4. The minimum atomic E-state index is -5.28. The zero-order chi connectivity index (χ0) is 37.3. The molecule has 0 aliphatic rings. The molecular weight excluding hydrogens is 647 g/mol. The fraction of sp³-hybridized carbons (Fsp3) is 0.647. The third-order valence-electron chi connectivity index (χ3n) is 7.43. The maximum atomic E-state index is 13.5. The number of benzene rings is 1. The molecule has 0 spiro atoms. The van der Waals surface area contributed by atoms with Gasteiger partial charge in [-0.15, -0.1) is 0 Å². The maximum Gasteiger partial charge on any atom is 0.452 e. The number of rotatable bonds is 20. The summed E-state index contributed by atoms with van der Waals surface area (Å²) in [7, 11) is 0. The predicted octanol–water partition coefficient (Wildman–Crippen LogP) is 4.02. The standard InChI is InChI=1S/C34H52F3N5O7/c1-8-17-42(18-9-2)27(43)16-15-25(29(44)34(35,36)37)39-31(46)26(19-21(3)4)40-32(47)28(22(5)6)41-30(45)23(7)38-33(48)49-20-24-13-11-10-12-14-24/h10-14,21-23,25-26,28H,8-9,15-20H2,1-7H3,(H,38,48)(H,39,46)(H,40,47)(H,41,45)/t23-,25-,26-,28-/m0/s1. The van der Waals surface area contributed by atoms with Crippen LogP contribution in [0.4, 0.5) is 18.0 Å². The van der Waals surface area contributed by atoms with E-state index in [9.17, 15) is 41.9 Å². The average Bonchev–Trinajstić information content (AvgIpc) is 3.02. The van der Waals surface area contributed by atoms with Crippen LogP contribution in [-0.4, -0.2) is 83.8 Å². The van der Waals surface area contributed by atoms with Gasteiger partial charge in [0, 0.05) is 19.5 Å². The molecule has 49 heavy (non-hydrogen) atoms. The second-order valence-electron chi connectivity index (χ2n) is 12.7. The van der Waals surface area contributed by atoms with E-state index >= 15 is 0 Å². The number of halogens is 3. The van der Waals surface area contributed by atoms with Crippen LogP contribution < -0.4 is 21.3 Å². The van der Waals surface area contributed by atoms with Gasteiger partial charge in [-0.1, -0.05) is 71.9 Å². The molecule has 0 fully saturated rings. The van der Waals surface area contributed by atoms with Crippen molar-refractivity contribution in [2.75, 3.05) is 13.1 Å². The second-order valence-corrected chi connectivity index (χ2v) is 12.7. The molecule has 276 valence electrons. The Bertz CT molecular complexity index is 1240. The molecule has 1 aromatic carbocycles. The molecule has 0 aromatic heterocycles. The highest BCUT2D eigenvalue weighted by atomic mass is 19.4. The Hall–Kier alpha value is -4.17. The number of carbonyl (C=O) groups is 6. The molecule has 0 radical (unpaired) electrons. The molecule has 0 unspecified atom stereocenters. The van der Waals surface area contributed by atoms with Gasteiger partial charge in [0.1, 0.15) is 24.7 Å². The van der Waals surface area contributed by atoms with E-state index in [1.165, 1.54) is 11.8 Å². The lowest BCUT2D eigenvalue weighted by Crippen LogP contribution is -2.59. The van der Waals surface area contributed by atoms with Crippen molar-refractivity contribution in [1.82, 2.24) is 26.2 Å². The van der Waals surface area contributed by atoms with Crippen LogP contribution in [0.2, 0.25) is 0 Å². The third-order valence-corrected chi connectivity index (χ3v) is 7.43. The van der Waals surface area contributed by atoms with Gasteiger partial charge >= 0.3 is 12.3 Å². The Kier molecular flexibility index (Phi) is 18.4. The summed E-state index contributed by atoms with van der Waals surface area (Å²) in [6.45, 7) is 12.6. The number of nitrogens with zero attached hydrogens (tertiary/aromatic N) is 1. The summed E-state index contributed by atoms with van der Waals surface area (Å²) in [5, 5.41) is 9.55. The molecule has 4 atom stereocenters. The largest absolute Gasteiger partial charge is 0.452 e. The van der Waals surface area contributed by atoms with E-state index in [4.69, 9.17) is 4.74 Å². The van der Waals surface area contributed by atoms with E-state index in [1.807, 2.05) is 13.8 Å². The lowest BCUT2D eigenvalue weighted by molar-refractivity contribution is -0.174. The van der Waals surface area contributed by atoms with E-state index in [-0.39, 0.29) is 18.9 Å². The van der Waals surface area contributed by atoms with Crippen molar-refractivity contribution in [2.45, 2.75) is 118 Å². The van der Waals surface area contributed by atoms with Crippen molar-refractivity contribution < 1.29 is 46.7 Å². The molecule has 1 aromatic rings. The minimum Gasteiger partial charge on any atom is -0.445 e. The van der Waals surface area contributed by atoms with Gasteiger partial charge < -0.3 is 30.9 Å². The Morgan fingerprint density at radius 1 is 0.776 bits per heavy atom. The number of hydrogen-bond donors (Lipinski definition) is 4. The number of alkyl carbamates (subject to hydrolysis) is 1. The molecule has 12 nitrogen and oxygen atoms in total. The number of hydrogen-bond acceptors (Lipinski definition) is 7. The first kappa shape index (κ1) is 42.9. The first-order chi connectivity index (χ1) is 22.9. The first-order valence-corrected chi connectivity index (χ1v) is 16.7. The van der Waals surface area contributed by atoms with Gasteiger partial charge in [0.05, 0.1) is 6.04 Å². The van der Waals surface area contributed by atoms with E-state index in [2.05, 4.69) is 21.3 Å². The summed E-state index contributed by atoms with van der Waals surface area (Å²) in [5.74, 6) is -5.94. The smallest absolute Gasteiger partial charge is 0.445 e. The minimum absolute atomic E-state index is 0.00577. The van der Waals surface area contributed by atoms with Crippen molar-refractivity contribution in [3.8, 4) is 0 Å². The van der Waals surface area contributed by atoms with Crippen LogP contribution in [0.15, 0.2) is 30.3 Å². The van der Waals surface area contributed by atoms with Crippen LogP contribution in [0.5, 0.6) is 0 Å². The summed E-state index contributed by atoms with van der Waals surface area (Å²) < 4.78 is 45.7. The van der Waals surface area contributed by atoms with Crippen molar-refractivity contribution in [1.29, 1.82) is 0 Å². The van der Waals surface area contributed by atoms with Gasteiger partial charge in [-0.05, 0) is 50.0 Å². The quantitative estimate of drug-likeness (QED) is 0.160. The fourth-order valence-corrected chi connectivity index (χ4v) is 4.85. The summed E-state index contributed by atoms with van der Waals surface area (Å²) in [5.41, 5.74) is 0.736. The highest BCUT2D eigenvalue weighted by molar-refractivity contribution is 5.97. The number of ether oxygens (including phenoxy) is 1. The molecule has 0 aliphatic carbocycles. The Morgan fingerprint density at radius 3 is 1.86 bits per heavy atom. The van der Waals surface area contributed by atoms with Crippen LogP contribution in [0.1, 0.15) is 86.1 Å². The van der Waals surface area contributed by atoms with Gasteiger partial charge in [0.25, 0.3) is 5.78 Å². The van der Waals surface area contributed by atoms with Gasteiger partial charge in [0.2, 0.25) is 23.6 Å².